The third kappa shape index (κ3) is 2.33. The first-order valence-electron chi connectivity index (χ1n) is 4.37. The summed E-state index contributed by atoms with van der Waals surface area (Å²) in [6.07, 6.45) is -4.58. The van der Waals surface area contributed by atoms with Gasteiger partial charge in [0.25, 0.3) is 0 Å². The number of aromatic nitrogens is 2. The molecule has 1 aromatic carbocycles. The van der Waals surface area contributed by atoms with Gasteiger partial charge in [-0.1, -0.05) is 0 Å². The SMILES string of the molecule is N#Cc1cc2nc(C(F)(F)F)[nH]c2cc1C#N.[H-].[Li+]. The Labute approximate surface area is 113 Å². The van der Waals surface area contributed by atoms with Gasteiger partial charge in [-0.2, -0.15) is 23.7 Å². The Hall–Kier alpha value is -1.94. The zero-order chi connectivity index (χ0) is 12.6. The maximum atomic E-state index is 12.4. The zero-order valence-electron chi connectivity index (χ0n) is 10.1. The molecule has 0 saturated carbocycles. The molecular formula is C10H4F3LiN4. The van der Waals surface area contributed by atoms with E-state index in [1.165, 1.54) is 6.07 Å². The Morgan fingerprint density at radius 3 is 2.22 bits per heavy atom. The van der Waals surface area contributed by atoms with Crippen molar-refractivity contribution in [3.63, 3.8) is 0 Å². The van der Waals surface area contributed by atoms with Gasteiger partial charge in [-0.15, -0.1) is 0 Å². The second-order valence-electron chi connectivity index (χ2n) is 3.22. The van der Waals surface area contributed by atoms with Crippen LogP contribution in [-0.2, 0) is 6.18 Å². The van der Waals surface area contributed by atoms with E-state index in [0.29, 0.717) is 0 Å². The number of alkyl halides is 3. The quantitative estimate of drug-likeness (QED) is 0.631. The van der Waals surface area contributed by atoms with Crippen molar-refractivity contribution >= 4 is 11.0 Å². The van der Waals surface area contributed by atoms with E-state index in [0.717, 1.165) is 6.07 Å². The molecule has 2 rings (SSSR count). The summed E-state index contributed by atoms with van der Waals surface area (Å²) < 4.78 is 37.1. The van der Waals surface area contributed by atoms with Gasteiger partial charge in [0.15, 0.2) is 0 Å². The van der Waals surface area contributed by atoms with Gasteiger partial charge in [0, 0.05) is 0 Å². The summed E-state index contributed by atoms with van der Waals surface area (Å²) in [5, 5.41) is 17.4. The molecular weight excluding hydrogens is 240 g/mol. The molecule has 1 N–H and O–H groups in total. The Balaban J connectivity index is 0.00000162. The molecule has 0 radical (unpaired) electrons. The van der Waals surface area contributed by atoms with E-state index in [1.54, 1.807) is 12.1 Å². The van der Waals surface area contributed by atoms with Crippen LogP contribution in [0.5, 0.6) is 0 Å². The number of fused-ring (bicyclic) bond motifs is 1. The first-order valence-corrected chi connectivity index (χ1v) is 4.37. The summed E-state index contributed by atoms with van der Waals surface area (Å²) in [6.45, 7) is 0. The normalized spacial score (nSPS) is 10.5. The standard InChI is InChI=1S/C10H3F3N4.Li.H/c11-10(12,13)9-16-7-1-5(3-14)6(4-15)2-8(7)17-9;;/h1-2H,(H,16,17);;/q;+1;-1. The zero-order valence-corrected chi connectivity index (χ0v) is 9.13. The molecule has 0 spiro atoms. The van der Waals surface area contributed by atoms with Gasteiger partial charge in [-0.05, 0) is 12.1 Å². The van der Waals surface area contributed by atoms with Crippen LogP contribution in [0.2, 0.25) is 0 Å². The van der Waals surface area contributed by atoms with E-state index in [9.17, 15) is 13.2 Å². The Morgan fingerprint density at radius 2 is 1.72 bits per heavy atom. The van der Waals surface area contributed by atoms with Crippen molar-refractivity contribution in [2.24, 2.45) is 0 Å². The van der Waals surface area contributed by atoms with Crippen LogP contribution in [0.15, 0.2) is 12.1 Å². The number of halogens is 3. The van der Waals surface area contributed by atoms with Crippen LogP contribution in [0.4, 0.5) is 13.2 Å². The number of hydrogen-bond donors (Lipinski definition) is 1. The fourth-order valence-electron chi connectivity index (χ4n) is 1.38. The maximum absolute atomic E-state index is 12.4. The first kappa shape index (κ1) is 14.1. The number of nitrogens with one attached hydrogen (secondary N) is 1. The molecule has 0 amide bonds. The summed E-state index contributed by atoms with van der Waals surface area (Å²) in [5.74, 6) is -1.15. The number of imidazole rings is 1. The van der Waals surface area contributed by atoms with Crippen LogP contribution in [0.25, 0.3) is 11.0 Å². The van der Waals surface area contributed by atoms with Gasteiger partial charge < -0.3 is 6.41 Å². The Kier molecular flexibility index (Phi) is 3.72. The van der Waals surface area contributed by atoms with Gasteiger partial charge >= 0.3 is 25.0 Å². The molecule has 0 bridgehead atoms. The summed E-state index contributed by atoms with van der Waals surface area (Å²) in [7, 11) is 0. The summed E-state index contributed by atoms with van der Waals surface area (Å²) in [5.41, 5.74) is 0.0957. The molecule has 0 aliphatic heterocycles. The first-order chi connectivity index (χ1) is 7.95. The molecule has 1 heterocycles. The van der Waals surface area contributed by atoms with Crippen LogP contribution >= 0.6 is 0 Å². The van der Waals surface area contributed by atoms with Crippen LogP contribution in [0.1, 0.15) is 18.4 Å². The van der Waals surface area contributed by atoms with E-state index in [4.69, 9.17) is 10.5 Å². The average Bonchev–Trinajstić information content (AvgIpc) is 2.69. The molecule has 2 aromatic rings. The van der Waals surface area contributed by atoms with E-state index in [1.807, 2.05) is 0 Å². The molecule has 0 fully saturated rings. The summed E-state index contributed by atoms with van der Waals surface area (Å²) in [6, 6.07) is 5.79. The van der Waals surface area contributed by atoms with Crippen molar-refractivity contribution in [1.82, 2.24) is 9.97 Å². The number of benzene rings is 1. The fourth-order valence-corrected chi connectivity index (χ4v) is 1.38. The van der Waals surface area contributed by atoms with Crippen molar-refractivity contribution in [2.75, 3.05) is 0 Å². The van der Waals surface area contributed by atoms with Crippen LogP contribution in [0.3, 0.4) is 0 Å². The fraction of sp³-hybridized carbons (Fsp3) is 0.100. The average molecular weight is 244 g/mol. The molecule has 0 saturated heterocycles. The van der Waals surface area contributed by atoms with Crippen molar-refractivity contribution < 1.29 is 33.5 Å². The van der Waals surface area contributed by atoms with Crippen LogP contribution < -0.4 is 18.9 Å². The largest absolute Gasteiger partial charge is 1.00 e. The van der Waals surface area contributed by atoms with E-state index >= 15 is 0 Å². The van der Waals surface area contributed by atoms with E-state index in [2.05, 4.69) is 9.97 Å². The van der Waals surface area contributed by atoms with Gasteiger partial charge in [-0.3, -0.25) is 0 Å². The number of H-pyrrole nitrogens is 1. The Morgan fingerprint density at radius 1 is 1.17 bits per heavy atom. The van der Waals surface area contributed by atoms with Gasteiger partial charge in [0.05, 0.1) is 22.2 Å². The predicted molar refractivity (Wildman–Crippen MR) is 51.6 cm³/mol. The molecule has 8 heteroatoms. The van der Waals surface area contributed by atoms with Crippen molar-refractivity contribution in [3.05, 3.63) is 29.1 Å². The van der Waals surface area contributed by atoms with Crippen molar-refractivity contribution in [1.29, 1.82) is 10.5 Å². The molecule has 0 atom stereocenters. The molecule has 4 nitrogen and oxygen atoms in total. The third-order valence-corrected chi connectivity index (χ3v) is 2.13. The number of nitriles is 2. The van der Waals surface area contributed by atoms with E-state index in [-0.39, 0.29) is 42.4 Å². The van der Waals surface area contributed by atoms with Crippen LogP contribution in [-0.4, -0.2) is 9.97 Å². The summed E-state index contributed by atoms with van der Waals surface area (Å²) in [4.78, 5) is 5.39. The molecule has 1 aromatic heterocycles. The molecule has 18 heavy (non-hydrogen) atoms. The molecule has 0 aliphatic rings. The second kappa shape index (κ2) is 4.74. The number of rotatable bonds is 0. The minimum atomic E-state index is -4.58. The minimum Gasteiger partial charge on any atom is -1.00 e. The number of hydrogen-bond acceptors (Lipinski definition) is 3. The predicted octanol–water partition coefficient (Wildman–Crippen LogP) is -0.558. The van der Waals surface area contributed by atoms with E-state index < -0.39 is 12.0 Å². The van der Waals surface area contributed by atoms with Gasteiger partial charge in [-0.25, -0.2) is 4.98 Å². The monoisotopic (exact) mass is 244 g/mol. The maximum Gasteiger partial charge on any atom is 1.00 e. The third-order valence-electron chi connectivity index (χ3n) is 2.13. The second-order valence-corrected chi connectivity index (χ2v) is 3.22. The van der Waals surface area contributed by atoms with Crippen molar-refractivity contribution in [3.8, 4) is 12.1 Å². The number of nitrogens with zero attached hydrogens (tertiary/aromatic N) is 3. The van der Waals surface area contributed by atoms with Gasteiger partial charge in [0.1, 0.15) is 12.1 Å². The van der Waals surface area contributed by atoms with Crippen molar-refractivity contribution in [2.45, 2.75) is 6.18 Å². The Bertz CT molecular complexity index is 630. The smallest absolute Gasteiger partial charge is 1.00 e. The number of aromatic amines is 1. The molecule has 0 aliphatic carbocycles. The molecule has 86 valence electrons. The topological polar surface area (TPSA) is 76.3 Å². The van der Waals surface area contributed by atoms with Gasteiger partial charge in [0.2, 0.25) is 5.82 Å². The summed E-state index contributed by atoms with van der Waals surface area (Å²) >= 11 is 0. The minimum absolute atomic E-state index is 0. The molecule has 0 unspecified atom stereocenters. The van der Waals surface area contributed by atoms with Crippen LogP contribution in [0, 0.1) is 22.7 Å².